The number of hydrogen-bond donors (Lipinski definition) is 2. The number of nitrogens with zero attached hydrogens (tertiary/aromatic N) is 2. The van der Waals surface area contributed by atoms with Crippen LogP contribution in [-0.4, -0.2) is 76.9 Å². The molecule has 0 spiro atoms. The third-order valence-electron chi connectivity index (χ3n) is 5.45. The lowest BCUT2D eigenvalue weighted by atomic mass is 9.91. The summed E-state index contributed by atoms with van der Waals surface area (Å²) >= 11 is 0. The summed E-state index contributed by atoms with van der Waals surface area (Å²) in [6.07, 6.45) is 2.63. The molecule has 8 nitrogen and oxygen atoms in total. The molecule has 0 radical (unpaired) electrons. The standard InChI is InChI=1S/C23H36N4O4S/c1-6-12-25-32(30,31)20-9-7-8-19(15-20)22(29)27-13-10-18(11-14-27)21(28)24-16-23(2,3)17-26(4)5/h6-9,15,18,25H,1,10-14,16-17H2,2-5H3,(H,24,28). The lowest BCUT2D eigenvalue weighted by molar-refractivity contribution is -0.126. The fourth-order valence-corrected chi connectivity index (χ4v) is 5.00. The first-order valence-corrected chi connectivity index (χ1v) is 12.4. The Bertz CT molecular complexity index is 920. The molecule has 178 valence electrons. The van der Waals surface area contributed by atoms with Crippen molar-refractivity contribution in [3.05, 3.63) is 42.5 Å². The van der Waals surface area contributed by atoms with Gasteiger partial charge >= 0.3 is 0 Å². The molecule has 0 bridgehead atoms. The number of nitrogens with one attached hydrogen (secondary N) is 2. The van der Waals surface area contributed by atoms with E-state index in [1.165, 1.54) is 18.2 Å². The van der Waals surface area contributed by atoms with Crippen LogP contribution in [0, 0.1) is 11.3 Å². The summed E-state index contributed by atoms with van der Waals surface area (Å²) in [6.45, 7) is 10.3. The van der Waals surface area contributed by atoms with Crippen LogP contribution in [0.4, 0.5) is 0 Å². The Morgan fingerprint density at radius 1 is 1.25 bits per heavy atom. The first kappa shape index (κ1) is 26.0. The Morgan fingerprint density at radius 3 is 2.50 bits per heavy atom. The molecule has 2 amide bonds. The van der Waals surface area contributed by atoms with Crippen LogP contribution in [-0.2, 0) is 14.8 Å². The van der Waals surface area contributed by atoms with Gasteiger partial charge in [-0.25, -0.2) is 13.1 Å². The number of benzene rings is 1. The largest absolute Gasteiger partial charge is 0.355 e. The molecule has 0 unspecified atom stereocenters. The molecule has 2 rings (SSSR count). The minimum atomic E-state index is -3.70. The first-order chi connectivity index (χ1) is 14.9. The van der Waals surface area contributed by atoms with Gasteiger partial charge in [0.05, 0.1) is 4.90 Å². The monoisotopic (exact) mass is 464 g/mol. The van der Waals surface area contributed by atoms with Crippen LogP contribution in [0.25, 0.3) is 0 Å². The van der Waals surface area contributed by atoms with E-state index in [-0.39, 0.29) is 34.6 Å². The Hall–Kier alpha value is -2.23. The van der Waals surface area contributed by atoms with Gasteiger partial charge in [0.2, 0.25) is 15.9 Å². The van der Waals surface area contributed by atoms with Gasteiger partial charge in [-0.1, -0.05) is 26.0 Å². The summed E-state index contributed by atoms with van der Waals surface area (Å²) in [4.78, 5) is 29.4. The Kier molecular flexibility index (Phi) is 9.00. The molecule has 32 heavy (non-hydrogen) atoms. The maximum Gasteiger partial charge on any atom is 0.253 e. The van der Waals surface area contributed by atoms with Crippen molar-refractivity contribution in [2.75, 3.05) is 46.8 Å². The van der Waals surface area contributed by atoms with Crippen molar-refractivity contribution in [2.45, 2.75) is 31.6 Å². The normalized spacial score (nSPS) is 15.6. The van der Waals surface area contributed by atoms with E-state index in [1.807, 2.05) is 14.1 Å². The number of sulfonamides is 1. The van der Waals surface area contributed by atoms with Gasteiger partial charge in [-0.3, -0.25) is 9.59 Å². The number of amides is 2. The van der Waals surface area contributed by atoms with Crippen LogP contribution in [0.3, 0.4) is 0 Å². The van der Waals surface area contributed by atoms with E-state index in [9.17, 15) is 18.0 Å². The van der Waals surface area contributed by atoms with Crippen LogP contribution in [0.5, 0.6) is 0 Å². The van der Waals surface area contributed by atoms with Crippen molar-refractivity contribution in [1.29, 1.82) is 0 Å². The number of likely N-dealkylation sites (tertiary alicyclic amines) is 1. The molecule has 0 aliphatic carbocycles. The molecule has 1 heterocycles. The zero-order valence-corrected chi connectivity index (χ0v) is 20.4. The van der Waals surface area contributed by atoms with Crippen molar-refractivity contribution >= 4 is 21.8 Å². The number of piperidine rings is 1. The third-order valence-corrected chi connectivity index (χ3v) is 6.87. The quantitative estimate of drug-likeness (QED) is 0.514. The van der Waals surface area contributed by atoms with E-state index in [0.29, 0.717) is 38.0 Å². The van der Waals surface area contributed by atoms with Crippen LogP contribution >= 0.6 is 0 Å². The summed E-state index contributed by atoms with van der Waals surface area (Å²) in [5, 5.41) is 3.06. The summed E-state index contributed by atoms with van der Waals surface area (Å²) in [5.41, 5.74) is 0.293. The Balaban J connectivity index is 1.93. The number of carbonyl (C=O) groups is 2. The molecular formula is C23H36N4O4S. The number of hydrogen-bond acceptors (Lipinski definition) is 5. The molecule has 1 aromatic carbocycles. The fourth-order valence-electron chi connectivity index (χ4n) is 3.96. The maximum absolute atomic E-state index is 12.9. The Morgan fingerprint density at radius 2 is 1.91 bits per heavy atom. The van der Waals surface area contributed by atoms with Gasteiger partial charge in [0.25, 0.3) is 5.91 Å². The van der Waals surface area contributed by atoms with Gasteiger partial charge in [-0.05, 0) is 50.6 Å². The average Bonchev–Trinajstić information content (AvgIpc) is 2.75. The molecule has 0 atom stereocenters. The fraction of sp³-hybridized carbons (Fsp3) is 0.565. The van der Waals surface area contributed by atoms with Crippen molar-refractivity contribution in [3.63, 3.8) is 0 Å². The Labute approximate surface area is 192 Å². The van der Waals surface area contributed by atoms with Gasteiger partial charge in [0, 0.05) is 44.2 Å². The number of rotatable bonds is 10. The average molecular weight is 465 g/mol. The lowest BCUT2D eigenvalue weighted by Gasteiger charge is -2.33. The highest BCUT2D eigenvalue weighted by molar-refractivity contribution is 7.89. The van der Waals surface area contributed by atoms with E-state index in [1.54, 1.807) is 17.0 Å². The van der Waals surface area contributed by atoms with Crippen molar-refractivity contribution in [2.24, 2.45) is 11.3 Å². The molecule has 0 saturated carbocycles. The van der Waals surface area contributed by atoms with Gasteiger partial charge in [-0.15, -0.1) is 6.58 Å². The van der Waals surface area contributed by atoms with Gasteiger partial charge in [-0.2, -0.15) is 0 Å². The van der Waals surface area contributed by atoms with Gasteiger partial charge in [0.15, 0.2) is 0 Å². The van der Waals surface area contributed by atoms with E-state index in [4.69, 9.17) is 0 Å². The minimum absolute atomic E-state index is 0.0261. The predicted octanol–water partition coefficient (Wildman–Crippen LogP) is 1.71. The lowest BCUT2D eigenvalue weighted by Crippen LogP contribution is -2.46. The van der Waals surface area contributed by atoms with Crippen LogP contribution in [0.15, 0.2) is 41.8 Å². The summed E-state index contributed by atoms with van der Waals surface area (Å²) < 4.78 is 27.0. The third kappa shape index (κ3) is 7.43. The van der Waals surface area contributed by atoms with Gasteiger partial charge < -0.3 is 15.1 Å². The molecule has 1 aliphatic rings. The minimum Gasteiger partial charge on any atom is -0.355 e. The topological polar surface area (TPSA) is 98.8 Å². The van der Waals surface area contributed by atoms with E-state index >= 15 is 0 Å². The summed E-state index contributed by atoms with van der Waals surface area (Å²) in [7, 11) is 0.323. The summed E-state index contributed by atoms with van der Waals surface area (Å²) in [6, 6.07) is 6.02. The number of carbonyl (C=O) groups excluding carboxylic acids is 2. The summed E-state index contributed by atoms with van der Waals surface area (Å²) in [5.74, 6) is -0.314. The second-order valence-corrected chi connectivity index (χ2v) is 11.1. The zero-order chi connectivity index (χ0) is 23.9. The molecular weight excluding hydrogens is 428 g/mol. The molecule has 9 heteroatoms. The smallest absolute Gasteiger partial charge is 0.253 e. The van der Waals surface area contributed by atoms with Gasteiger partial charge in [0.1, 0.15) is 0 Å². The maximum atomic E-state index is 12.9. The molecule has 1 saturated heterocycles. The molecule has 1 fully saturated rings. The van der Waals surface area contributed by atoms with Crippen LogP contribution < -0.4 is 10.0 Å². The molecule has 0 aromatic heterocycles. The SMILES string of the molecule is C=CCNS(=O)(=O)c1cccc(C(=O)N2CCC(C(=O)NCC(C)(C)CN(C)C)CC2)c1. The van der Waals surface area contributed by atoms with Crippen molar-refractivity contribution < 1.29 is 18.0 Å². The highest BCUT2D eigenvalue weighted by atomic mass is 32.2. The second-order valence-electron chi connectivity index (χ2n) is 9.35. The first-order valence-electron chi connectivity index (χ1n) is 10.9. The van der Waals surface area contributed by atoms with Crippen LogP contribution in [0.2, 0.25) is 0 Å². The zero-order valence-electron chi connectivity index (χ0n) is 19.6. The molecule has 1 aromatic rings. The van der Waals surface area contributed by atoms with Crippen molar-refractivity contribution in [1.82, 2.24) is 19.8 Å². The highest BCUT2D eigenvalue weighted by Crippen LogP contribution is 2.21. The van der Waals surface area contributed by atoms with E-state index in [2.05, 4.69) is 35.4 Å². The second kappa shape index (κ2) is 11.1. The predicted molar refractivity (Wildman–Crippen MR) is 126 cm³/mol. The van der Waals surface area contributed by atoms with E-state index in [0.717, 1.165) is 6.54 Å². The molecule has 1 aliphatic heterocycles. The highest BCUT2D eigenvalue weighted by Gasteiger charge is 2.29. The van der Waals surface area contributed by atoms with E-state index < -0.39 is 10.0 Å². The van der Waals surface area contributed by atoms with Crippen LogP contribution in [0.1, 0.15) is 37.0 Å². The molecule has 2 N–H and O–H groups in total. The van der Waals surface area contributed by atoms with Crippen molar-refractivity contribution in [3.8, 4) is 0 Å².